The van der Waals surface area contributed by atoms with Gasteiger partial charge in [-0.1, -0.05) is 23.5 Å². The lowest BCUT2D eigenvalue weighted by Gasteiger charge is -2.34. The molecule has 2 heterocycles. The fourth-order valence-corrected chi connectivity index (χ4v) is 3.59. The van der Waals surface area contributed by atoms with Gasteiger partial charge in [-0.2, -0.15) is 13.2 Å². The van der Waals surface area contributed by atoms with Gasteiger partial charge in [0.05, 0.1) is 0 Å². The van der Waals surface area contributed by atoms with Crippen LogP contribution in [0.2, 0.25) is 0 Å². The molecule has 23 heavy (non-hydrogen) atoms. The van der Waals surface area contributed by atoms with Crippen molar-refractivity contribution in [1.82, 2.24) is 15.1 Å². The largest absolute Gasteiger partial charge is 0.445 e. The van der Waals surface area contributed by atoms with Crippen molar-refractivity contribution in [3.63, 3.8) is 0 Å². The first-order valence-corrected chi connectivity index (χ1v) is 8.35. The van der Waals surface area contributed by atoms with E-state index in [1.165, 1.54) is 0 Å². The smallest absolute Gasteiger partial charge is 0.343 e. The summed E-state index contributed by atoms with van der Waals surface area (Å²) >= 11 is 0.548. The highest BCUT2D eigenvalue weighted by Gasteiger charge is 2.36. The summed E-state index contributed by atoms with van der Waals surface area (Å²) in [7, 11) is 0. The van der Waals surface area contributed by atoms with E-state index in [1.807, 2.05) is 0 Å². The average molecular weight is 346 g/mol. The van der Waals surface area contributed by atoms with Gasteiger partial charge in [0.2, 0.25) is 16.0 Å². The number of amides is 1. The monoisotopic (exact) mass is 346 g/mol. The fourth-order valence-electron chi connectivity index (χ4n) is 2.82. The van der Waals surface area contributed by atoms with Crippen molar-refractivity contribution in [1.29, 1.82) is 0 Å². The van der Waals surface area contributed by atoms with E-state index >= 15 is 0 Å². The summed E-state index contributed by atoms with van der Waals surface area (Å²) in [6.07, 6.45) is 2.31. The van der Waals surface area contributed by atoms with Gasteiger partial charge in [-0.3, -0.25) is 4.79 Å². The van der Waals surface area contributed by atoms with Crippen LogP contribution in [0.4, 0.5) is 18.3 Å². The highest BCUT2D eigenvalue weighted by molar-refractivity contribution is 7.15. The van der Waals surface area contributed by atoms with E-state index < -0.39 is 11.2 Å². The van der Waals surface area contributed by atoms with Gasteiger partial charge in [0.1, 0.15) is 0 Å². The maximum absolute atomic E-state index is 12.6. The van der Waals surface area contributed by atoms with E-state index in [0.717, 1.165) is 12.8 Å². The lowest BCUT2D eigenvalue weighted by molar-refractivity contribution is -0.138. The minimum absolute atomic E-state index is 0.120. The van der Waals surface area contributed by atoms with Crippen molar-refractivity contribution in [3.8, 4) is 0 Å². The number of hydrogen-bond donors (Lipinski definition) is 0. The van der Waals surface area contributed by atoms with E-state index in [-0.39, 0.29) is 11.0 Å². The molecule has 1 aliphatic carbocycles. The molecule has 0 bridgehead atoms. The average Bonchev–Trinajstić information content (AvgIpc) is 3.18. The predicted octanol–water partition coefficient (Wildman–Crippen LogP) is 2.56. The molecule has 1 unspecified atom stereocenters. The molecule has 1 aromatic heterocycles. The Hall–Kier alpha value is -1.64. The molecule has 0 aromatic carbocycles. The van der Waals surface area contributed by atoms with Crippen LogP contribution in [-0.4, -0.2) is 47.2 Å². The summed E-state index contributed by atoms with van der Waals surface area (Å²) in [4.78, 5) is 15.8. The van der Waals surface area contributed by atoms with Crippen LogP contribution in [0.3, 0.4) is 0 Å². The van der Waals surface area contributed by atoms with E-state index in [1.54, 1.807) is 9.80 Å². The third kappa shape index (κ3) is 3.82. The number of halogens is 3. The molecule has 5 nitrogen and oxygen atoms in total. The summed E-state index contributed by atoms with van der Waals surface area (Å²) in [5.41, 5.74) is 0. The second-order valence-corrected chi connectivity index (χ2v) is 6.68. The molecule has 0 saturated carbocycles. The van der Waals surface area contributed by atoms with Gasteiger partial charge in [-0.25, -0.2) is 0 Å². The Bertz CT molecular complexity index is 593. The van der Waals surface area contributed by atoms with Gasteiger partial charge in [0.25, 0.3) is 0 Å². The normalized spacial score (nSPS) is 22.0. The maximum atomic E-state index is 12.6. The third-order valence-electron chi connectivity index (χ3n) is 4.11. The van der Waals surface area contributed by atoms with Crippen LogP contribution < -0.4 is 4.90 Å². The Morgan fingerprint density at radius 3 is 2.57 bits per heavy atom. The molecule has 3 rings (SSSR count). The lowest BCUT2D eigenvalue weighted by atomic mass is 10.0. The fraction of sp³-hybridized carbons (Fsp3) is 0.643. The van der Waals surface area contributed by atoms with Crippen LogP contribution in [0.15, 0.2) is 12.2 Å². The standard InChI is InChI=1S/C14H17F3N4OS/c15-14(16,17)12-18-19-13(23-12)21-7-5-20(6-8-21)11(22)9-10-3-1-2-4-10/h1,3,10H,2,4-9H2. The van der Waals surface area contributed by atoms with Gasteiger partial charge >= 0.3 is 6.18 Å². The van der Waals surface area contributed by atoms with Crippen LogP contribution in [0.5, 0.6) is 0 Å². The molecule has 0 spiro atoms. The van der Waals surface area contributed by atoms with Crippen molar-refractivity contribution < 1.29 is 18.0 Å². The number of anilines is 1. The van der Waals surface area contributed by atoms with Gasteiger partial charge in [0, 0.05) is 32.6 Å². The quantitative estimate of drug-likeness (QED) is 0.790. The van der Waals surface area contributed by atoms with Gasteiger partial charge in [-0.15, -0.1) is 10.2 Å². The zero-order valence-corrected chi connectivity index (χ0v) is 13.2. The number of rotatable bonds is 3. The number of carbonyl (C=O) groups excluding carboxylic acids is 1. The molecule has 0 radical (unpaired) electrons. The first kappa shape index (κ1) is 16.2. The van der Waals surface area contributed by atoms with E-state index in [2.05, 4.69) is 22.3 Å². The Balaban J connectivity index is 1.52. The third-order valence-corrected chi connectivity index (χ3v) is 5.14. The predicted molar refractivity (Wildman–Crippen MR) is 80.2 cm³/mol. The molecule has 1 aliphatic heterocycles. The number of hydrogen-bond acceptors (Lipinski definition) is 5. The van der Waals surface area contributed by atoms with E-state index in [4.69, 9.17) is 0 Å². The summed E-state index contributed by atoms with van der Waals surface area (Å²) in [5, 5.41) is 6.16. The molecule has 126 valence electrons. The highest BCUT2D eigenvalue weighted by Crippen LogP contribution is 2.34. The van der Waals surface area contributed by atoms with E-state index in [9.17, 15) is 18.0 Å². The first-order chi connectivity index (χ1) is 10.9. The van der Waals surface area contributed by atoms with Crippen LogP contribution in [0, 0.1) is 5.92 Å². The van der Waals surface area contributed by atoms with Gasteiger partial charge in [0.15, 0.2) is 0 Å². The van der Waals surface area contributed by atoms with Gasteiger partial charge in [-0.05, 0) is 18.8 Å². The molecule has 1 fully saturated rings. The summed E-state index contributed by atoms with van der Waals surface area (Å²) < 4.78 is 37.7. The topological polar surface area (TPSA) is 49.3 Å². The second kappa shape index (κ2) is 6.46. The van der Waals surface area contributed by atoms with Crippen LogP contribution in [0.25, 0.3) is 0 Å². The Kier molecular flexibility index (Phi) is 4.56. The molecular formula is C14H17F3N4OS. The molecular weight excluding hydrogens is 329 g/mol. The lowest BCUT2D eigenvalue weighted by Crippen LogP contribution is -2.49. The number of carbonyl (C=O) groups is 1. The minimum Gasteiger partial charge on any atom is -0.343 e. The van der Waals surface area contributed by atoms with Gasteiger partial charge < -0.3 is 9.80 Å². The number of nitrogens with zero attached hydrogens (tertiary/aromatic N) is 4. The number of allylic oxidation sites excluding steroid dienone is 2. The van der Waals surface area contributed by atoms with Crippen LogP contribution >= 0.6 is 11.3 Å². The number of piperazine rings is 1. The Morgan fingerprint density at radius 1 is 1.26 bits per heavy atom. The van der Waals surface area contributed by atoms with Crippen LogP contribution in [-0.2, 0) is 11.0 Å². The van der Waals surface area contributed by atoms with Crippen molar-refractivity contribution in [2.75, 3.05) is 31.1 Å². The van der Waals surface area contributed by atoms with Crippen molar-refractivity contribution >= 4 is 22.4 Å². The van der Waals surface area contributed by atoms with Crippen molar-refractivity contribution in [3.05, 3.63) is 17.2 Å². The first-order valence-electron chi connectivity index (χ1n) is 7.53. The molecule has 1 amide bonds. The molecule has 1 aromatic rings. The van der Waals surface area contributed by atoms with Crippen molar-refractivity contribution in [2.45, 2.75) is 25.4 Å². The second-order valence-electron chi connectivity index (χ2n) is 5.73. The van der Waals surface area contributed by atoms with Crippen LogP contribution in [0.1, 0.15) is 24.3 Å². The Morgan fingerprint density at radius 2 is 2.00 bits per heavy atom. The zero-order chi connectivity index (χ0) is 16.4. The van der Waals surface area contributed by atoms with Crippen molar-refractivity contribution in [2.24, 2.45) is 5.92 Å². The summed E-state index contributed by atoms with van der Waals surface area (Å²) in [5.74, 6) is 0.451. The number of alkyl halides is 3. The van der Waals surface area contributed by atoms with E-state index in [0.29, 0.717) is 49.9 Å². The summed E-state index contributed by atoms with van der Waals surface area (Å²) in [6.45, 7) is 1.99. The molecule has 1 saturated heterocycles. The molecule has 1 atom stereocenters. The molecule has 2 aliphatic rings. The number of aromatic nitrogens is 2. The SMILES string of the molecule is O=C(CC1C=CCC1)N1CCN(c2nnc(C(F)(F)F)s2)CC1. The highest BCUT2D eigenvalue weighted by atomic mass is 32.1. The summed E-state index contributed by atoms with van der Waals surface area (Å²) in [6, 6.07) is 0. The molecule has 0 N–H and O–H groups in total. The molecule has 9 heteroatoms. The zero-order valence-electron chi connectivity index (χ0n) is 12.4. The minimum atomic E-state index is -4.46. The maximum Gasteiger partial charge on any atom is 0.445 e. The Labute approximate surface area is 135 Å².